The van der Waals surface area contributed by atoms with E-state index in [2.05, 4.69) is 5.32 Å². The lowest BCUT2D eigenvalue weighted by molar-refractivity contribution is -0.121. The predicted molar refractivity (Wildman–Crippen MR) is 108 cm³/mol. The summed E-state index contributed by atoms with van der Waals surface area (Å²) in [5.74, 6) is -1.58. The van der Waals surface area contributed by atoms with Crippen LogP contribution in [0.15, 0.2) is 56.6 Å². The Hall–Kier alpha value is -3.40. The van der Waals surface area contributed by atoms with Crippen LogP contribution >= 0.6 is 0 Å². The van der Waals surface area contributed by atoms with Crippen molar-refractivity contribution in [1.29, 1.82) is 0 Å². The maximum Gasteiger partial charge on any atom is 0.420 e. The highest BCUT2D eigenvalue weighted by atomic mass is 32.2. The Morgan fingerprint density at radius 1 is 1.10 bits per heavy atom. The molecule has 4 rings (SSSR count). The van der Waals surface area contributed by atoms with E-state index in [9.17, 15) is 22.8 Å². The van der Waals surface area contributed by atoms with Gasteiger partial charge >= 0.3 is 5.76 Å². The first kappa shape index (κ1) is 19.9. The van der Waals surface area contributed by atoms with E-state index < -0.39 is 27.6 Å². The molecular weight excluding hydrogens is 410 g/mol. The van der Waals surface area contributed by atoms with Crippen molar-refractivity contribution in [2.45, 2.75) is 24.8 Å². The first-order valence-electron chi connectivity index (χ1n) is 9.32. The van der Waals surface area contributed by atoms with Crippen LogP contribution in [-0.2, 0) is 21.4 Å². The van der Waals surface area contributed by atoms with Crippen molar-refractivity contribution < 1.29 is 22.4 Å². The lowest BCUT2D eigenvalue weighted by atomic mass is 10.2. The number of hydrogen-bond acceptors (Lipinski definition) is 6. The van der Waals surface area contributed by atoms with E-state index in [0.717, 1.165) is 5.56 Å². The summed E-state index contributed by atoms with van der Waals surface area (Å²) in [7, 11) is -3.93. The number of rotatable bonds is 6. The van der Waals surface area contributed by atoms with Gasteiger partial charge in [0, 0.05) is 26.1 Å². The van der Waals surface area contributed by atoms with Crippen molar-refractivity contribution in [3.05, 3.63) is 64.1 Å². The van der Waals surface area contributed by atoms with Gasteiger partial charge in [-0.15, -0.1) is 0 Å². The van der Waals surface area contributed by atoms with E-state index in [1.165, 1.54) is 16.7 Å². The fourth-order valence-corrected chi connectivity index (χ4v) is 5.01. The van der Waals surface area contributed by atoms with Gasteiger partial charge in [-0.25, -0.2) is 17.5 Å². The zero-order valence-corrected chi connectivity index (χ0v) is 16.9. The van der Waals surface area contributed by atoms with Gasteiger partial charge in [-0.3, -0.25) is 14.2 Å². The molecule has 156 valence electrons. The van der Waals surface area contributed by atoms with Crippen molar-refractivity contribution in [2.75, 3.05) is 13.1 Å². The van der Waals surface area contributed by atoms with Gasteiger partial charge in [0.1, 0.15) is 4.90 Å². The molecule has 0 bridgehead atoms. The van der Waals surface area contributed by atoms with Gasteiger partial charge in [-0.2, -0.15) is 0 Å². The number of hydrogen-bond donors (Lipinski definition) is 1. The number of carbonyl (C=O) groups is 2. The molecule has 0 saturated heterocycles. The van der Waals surface area contributed by atoms with Crippen LogP contribution in [0.1, 0.15) is 22.3 Å². The van der Waals surface area contributed by atoms with Crippen molar-refractivity contribution in [1.82, 2.24) is 14.2 Å². The minimum Gasteiger partial charge on any atom is -0.408 e. The minimum absolute atomic E-state index is 0.0446. The SMILES string of the molecule is Cc1ccc2c(c1)oc(=O)n2CCNC(=O)CCN1C(=O)c2ccccc2S1(=O)=O. The van der Waals surface area contributed by atoms with Crippen LogP contribution in [0.25, 0.3) is 11.1 Å². The number of carbonyl (C=O) groups excluding carboxylic acids is 2. The van der Waals surface area contributed by atoms with Gasteiger partial charge in [-0.1, -0.05) is 18.2 Å². The maximum absolute atomic E-state index is 12.5. The molecule has 1 aliphatic rings. The lowest BCUT2D eigenvalue weighted by Crippen LogP contribution is -2.35. The summed E-state index contributed by atoms with van der Waals surface area (Å²) in [4.78, 5) is 36.5. The topological polar surface area (TPSA) is 119 Å². The molecule has 30 heavy (non-hydrogen) atoms. The Kier molecular flexibility index (Phi) is 4.94. The molecule has 1 aliphatic heterocycles. The van der Waals surface area contributed by atoms with E-state index in [1.807, 2.05) is 13.0 Å². The van der Waals surface area contributed by atoms with Gasteiger partial charge in [0.05, 0.1) is 11.1 Å². The average Bonchev–Trinajstić information content (AvgIpc) is 3.11. The molecule has 2 heterocycles. The van der Waals surface area contributed by atoms with Crippen LogP contribution in [0.2, 0.25) is 0 Å². The molecule has 1 aromatic heterocycles. The van der Waals surface area contributed by atoms with E-state index in [0.29, 0.717) is 15.4 Å². The largest absolute Gasteiger partial charge is 0.420 e. The molecular formula is C20H19N3O6S. The molecule has 0 saturated carbocycles. The molecule has 0 spiro atoms. The summed E-state index contributed by atoms with van der Waals surface area (Å²) in [5.41, 5.74) is 2.18. The van der Waals surface area contributed by atoms with Crippen LogP contribution in [0.5, 0.6) is 0 Å². The first-order valence-corrected chi connectivity index (χ1v) is 10.8. The average molecular weight is 429 g/mol. The molecule has 0 unspecified atom stereocenters. The van der Waals surface area contributed by atoms with Crippen molar-refractivity contribution >= 4 is 32.9 Å². The summed E-state index contributed by atoms with van der Waals surface area (Å²) in [5, 5.41) is 2.64. The van der Waals surface area contributed by atoms with E-state index >= 15 is 0 Å². The Labute approximate surface area is 171 Å². The number of fused-ring (bicyclic) bond motifs is 2. The lowest BCUT2D eigenvalue weighted by Gasteiger charge is -2.14. The van der Waals surface area contributed by atoms with Gasteiger partial charge < -0.3 is 9.73 Å². The number of amides is 2. The summed E-state index contributed by atoms with van der Waals surface area (Å²) in [6.45, 7) is 1.99. The number of aryl methyl sites for hydroxylation is 1. The zero-order valence-electron chi connectivity index (χ0n) is 16.1. The summed E-state index contributed by atoms with van der Waals surface area (Å²) >= 11 is 0. The molecule has 3 aromatic rings. The molecule has 9 nitrogen and oxygen atoms in total. The quantitative estimate of drug-likeness (QED) is 0.630. The summed E-state index contributed by atoms with van der Waals surface area (Å²) in [6.07, 6.45) is -0.181. The maximum atomic E-state index is 12.5. The fraction of sp³-hybridized carbons (Fsp3) is 0.250. The number of sulfonamides is 1. The van der Waals surface area contributed by atoms with Crippen molar-refractivity contribution in [2.24, 2.45) is 0 Å². The van der Waals surface area contributed by atoms with Gasteiger partial charge in [-0.05, 0) is 36.8 Å². The highest BCUT2D eigenvalue weighted by molar-refractivity contribution is 7.90. The summed E-state index contributed by atoms with van der Waals surface area (Å²) < 4.78 is 32.3. The molecule has 0 radical (unpaired) electrons. The van der Waals surface area contributed by atoms with Crippen LogP contribution < -0.4 is 11.1 Å². The Morgan fingerprint density at radius 3 is 2.63 bits per heavy atom. The Bertz CT molecular complexity index is 1320. The van der Waals surface area contributed by atoms with Crippen molar-refractivity contribution in [3.63, 3.8) is 0 Å². The molecule has 0 aliphatic carbocycles. The third kappa shape index (κ3) is 3.39. The number of benzene rings is 2. The van der Waals surface area contributed by atoms with Gasteiger partial charge in [0.25, 0.3) is 15.9 Å². The molecule has 0 fully saturated rings. The summed E-state index contributed by atoms with van der Waals surface area (Å²) in [6, 6.07) is 11.4. The van der Waals surface area contributed by atoms with E-state index in [1.54, 1.807) is 24.3 Å². The highest BCUT2D eigenvalue weighted by Gasteiger charge is 2.40. The normalized spacial score (nSPS) is 14.8. The van der Waals surface area contributed by atoms with Gasteiger partial charge in [0.15, 0.2) is 5.58 Å². The second-order valence-electron chi connectivity index (χ2n) is 6.97. The van der Waals surface area contributed by atoms with Crippen LogP contribution in [0, 0.1) is 6.92 Å². The highest BCUT2D eigenvalue weighted by Crippen LogP contribution is 2.29. The predicted octanol–water partition coefficient (Wildman–Crippen LogP) is 1.25. The van der Waals surface area contributed by atoms with Crippen LogP contribution in [-0.4, -0.2) is 42.2 Å². The fourth-order valence-electron chi connectivity index (χ4n) is 3.44. The Morgan fingerprint density at radius 2 is 1.87 bits per heavy atom. The number of nitrogens with zero attached hydrogens (tertiary/aromatic N) is 2. The van der Waals surface area contributed by atoms with Crippen molar-refractivity contribution in [3.8, 4) is 0 Å². The second-order valence-corrected chi connectivity index (χ2v) is 8.80. The number of oxazole rings is 1. The number of nitrogens with one attached hydrogen (secondary N) is 1. The third-order valence-electron chi connectivity index (χ3n) is 4.94. The van der Waals surface area contributed by atoms with E-state index in [4.69, 9.17) is 4.42 Å². The molecule has 10 heteroatoms. The smallest absolute Gasteiger partial charge is 0.408 e. The number of aromatic nitrogens is 1. The minimum atomic E-state index is -3.93. The molecule has 2 amide bonds. The second kappa shape index (κ2) is 7.45. The van der Waals surface area contributed by atoms with Crippen LogP contribution in [0.4, 0.5) is 0 Å². The van der Waals surface area contributed by atoms with Gasteiger partial charge in [0.2, 0.25) is 5.91 Å². The van der Waals surface area contributed by atoms with E-state index in [-0.39, 0.29) is 36.5 Å². The molecule has 2 aromatic carbocycles. The third-order valence-corrected chi connectivity index (χ3v) is 6.78. The molecule has 1 N–H and O–H groups in total. The standard InChI is InChI=1S/C20H19N3O6S/c1-13-6-7-15-16(12-13)29-20(26)22(15)11-9-21-18(24)8-10-23-19(25)14-4-2-3-5-17(14)30(23,27)28/h2-7,12H,8-11H2,1H3,(H,21,24). The molecule has 0 atom stereocenters. The first-order chi connectivity index (χ1) is 14.3. The monoisotopic (exact) mass is 429 g/mol. The van der Waals surface area contributed by atoms with Crippen LogP contribution in [0.3, 0.4) is 0 Å². The Balaban J connectivity index is 1.35. The zero-order chi connectivity index (χ0) is 21.5.